The molecule has 0 saturated carbocycles. The average molecular weight is 322 g/mol. The van der Waals surface area contributed by atoms with E-state index in [-0.39, 0.29) is 5.91 Å². The molecule has 0 fully saturated rings. The lowest BCUT2D eigenvalue weighted by Crippen LogP contribution is -2.16. The Morgan fingerprint density at radius 1 is 1.26 bits per heavy atom. The normalized spacial score (nSPS) is 11.8. The van der Waals surface area contributed by atoms with E-state index in [0.29, 0.717) is 16.9 Å². The molecule has 1 amide bonds. The SMILES string of the molecule is C=CCn1c(=NC(=O)c2cccc(C)c2)sc2cccc(C)c21. The molecule has 4 heteroatoms. The van der Waals surface area contributed by atoms with Crippen LogP contribution in [0.5, 0.6) is 0 Å². The number of carbonyl (C=O) groups excluding carboxylic acids is 1. The van der Waals surface area contributed by atoms with Crippen LogP contribution in [0.25, 0.3) is 10.2 Å². The summed E-state index contributed by atoms with van der Waals surface area (Å²) in [6.07, 6.45) is 1.83. The third-order valence-electron chi connectivity index (χ3n) is 3.68. The molecular formula is C19H18N2OS. The molecule has 1 aromatic heterocycles. The zero-order valence-electron chi connectivity index (χ0n) is 13.2. The third kappa shape index (κ3) is 3.03. The minimum atomic E-state index is -0.212. The van der Waals surface area contributed by atoms with E-state index in [1.54, 1.807) is 6.07 Å². The summed E-state index contributed by atoms with van der Waals surface area (Å²) < 4.78 is 3.18. The molecule has 0 radical (unpaired) electrons. The fraction of sp³-hybridized carbons (Fsp3) is 0.158. The Hall–Kier alpha value is -2.46. The highest BCUT2D eigenvalue weighted by atomic mass is 32.1. The Labute approximate surface area is 139 Å². The predicted molar refractivity (Wildman–Crippen MR) is 95.8 cm³/mol. The fourth-order valence-electron chi connectivity index (χ4n) is 2.62. The van der Waals surface area contributed by atoms with Crippen LogP contribution in [0.2, 0.25) is 0 Å². The molecule has 0 unspecified atom stereocenters. The largest absolute Gasteiger partial charge is 0.312 e. The maximum atomic E-state index is 12.5. The van der Waals surface area contributed by atoms with Gasteiger partial charge in [-0.05, 0) is 37.6 Å². The fourth-order valence-corrected chi connectivity index (χ4v) is 3.74. The van der Waals surface area contributed by atoms with Gasteiger partial charge in [0.1, 0.15) is 0 Å². The molecule has 1 heterocycles. The summed E-state index contributed by atoms with van der Waals surface area (Å²) in [4.78, 5) is 17.6. The van der Waals surface area contributed by atoms with Crippen molar-refractivity contribution in [1.82, 2.24) is 4.57 Å². The van der Waals surface area contributed by atoms with Gasteiger partial charge >= 0.3 is 0 Å². The second-order valence-corrected chi connectivity index (χ2v) is 6.50. The van der Waals surface area contributed by atoms with Crippen molar-refractivity contribution < 1.29 is 4.79 Å². The highest BCUT2D eigenvalue weighted by molar-refractivity contribution is 7.16. The van der Waals surface area contributed by atoms with E-state index >= 15 is 0 Å². The second kappa shape index (κ2) is 6.34. The first kappa shape index (κ1) is 15.4. The first-order chi connectivity index (χ1) is 11.1. The molecule has 3 rings (SSSR count). The number of fused-ring (bicyclic) bond motifs is 1. The summed E-state index contributed by atoms with van der Waals surface area (Å²) in [7, 11) is 0. The minimum Gasteiger partial charge on any atom is -0.312 e. The molecule has 0 atom stereocenters. The Morgan fingerprint density at radius 3 is 2.78 bits per heavy atom. The summed E-state index contributed by atoms with van der Waals surface area (Å²) in [5.74, 6) is -0.212. The topological polar surface area (TPSA) is 34.4 Å². The van der Waals surface area contributed by atoms with Gasteiger partial charge in [0.25, 0.3) is 5.91 Å². The van der Waals surface area contributed by atoms with Gasteiger partial charge in [-0.25, -0.2) is 0 Å². The van der Waals surface area contributed by atoms with Crippen molar-refractivity contribution in [3.8, 4) is 0 Å². The van der Waals surface area contributed by atoms with Crippen LogP contribution in [-0.4, -0.2) is 10.5 Å². The Morgan fingerprint density at radius 2 is 2.04 bits per heavy atom. The second-order valence-electron chi connectivity index (χ2n) is 5.49. The van der Waals surface area contributed by atoms with Crippen molar-refractivity contribution in [2.24, 2.45) is 4.99 Å². The van der Waals surface area contributed by atoms with Crippen LogP contribution < -0.4 is 4.80 Å². The molecule has 23 heavy (non-hydrogen) atoms. The number of allylic oxidation sites excluding steroid dienone is 1. The third-order valence-corrected chi connectivity index (χ3v) is 4.72. The molecule has 3 nitrogen and oxygen atoms in total. The van der Waals surface area contributed by atoms with E-state index in [1.165, 1.54) is 16.9 Å². The number of hydrogen-bond donors (Lipinski definition) is 0. The van der Waals surface area contributed by atoms with E-state index in [9.17, 15) is 4.79 Å². The molecule has 2 aromatic carbocycles. The molecular weight excluding hydrogens is 304 g/mol. The highest BCUT2D eigenvalue weighted by Crippen LogP contribution is 2.21. The number of amides is 1. The minimum absolute atomic E-state index is 0.212. The van der Waals surface area contributed by atoms with Crippen LogP contribution in [0.4, 0.5) is 0 Å². The molecule has 0 N–H and O–H groups in total. The first-order valence-electron chi connectivity index (χ1n) is 7.45. The van der Waals surface area contributed by atoms with Gasteiger partial charge in [0.15, 0.2) is 4.80 Å². The molecule has 116 valence electrons. The number of thiazole rings is 1. The Kier molecular flexibility index (Phi) is 4.26. The summed E-state index contributed by atoms with van der Waals surface area (Å²) >= 11 is 1.53. The number of aromatic nitrogens is 1. The number of benzene rings is 2. The Bertz CT molecular complexity index is 963. The molecule has 0 saturated heterocycles. The molecule has 0 aliphatic rings. The zero-order chi connectivity index (χ0) is 16.4. The van der Waals surface area contributed by atoms with E-state index < -0.39 is 0 Å². The highest BCUT2D eigenvalue weighted by Gasteiger charge is 2.10. The van der Waals surface area contributed by atoms with E-state index in [2.05, 4.69) is 35.2 Å². The summed E-state index contributed by atoms with van der Waals surface area (Å²) in [5.41, 5.74) is 3.96. The average Bonchev–Trinajstić information content (AvgIpc) is 2.86. The van der Waals surface area contributed by atoms with Crippen molar-refractivity contribution in [2.45, 2.75) is 20.4 Å². The molecule has 3 aromatic rings. The molecule has 0 aliphatic heterocycles. The van der Waals surface area contributed by atoms with E-state index in [1.807, 2.05) is 37.3 Å². The molecule has 0 bridgehead atoms. The Balaban J connectivity index is 2.18. The van der Waals surface area contributed by atoms with Crippen LogP contribution in [0.15, 0.2) is 60.1 Å². The number of nitrogens with zero attached hydrogens (tertiary/aromatic N) is 2. The quantitative estimate of drug-likeness (QED) is 0.664. The van der Waals surface area contributed by atoms with Crippen molar-refractivity contribution in [3.63, 3.8) is 0 Å². The summed E-state index contributed by atoms with van der Waals surface area (Å²) in [5, 5.41) is 0. The van der Waals surface area contributed by atoms with Gasteiger partial charge in [-0.3, -0.25) is 4.79 Å². The summed E-state index contributed by atoms with van der Waals surface area (Å²) in [6.45, 7) is 8.49. The molecule has 0 aliphatic carbocycles. The monoisotopic (exact) mass is 322 g/mol. The van der Waals surface area contributed by atoms with Crippen molar-refractivity contribution in [2.75, 3.05) is 0 Å². The smallest absolute Gasteiger partial charge is 0.279 e. The van der Waals surface area contributed by atoms with Gasteiger partial charge in [0.05, 0.1) is 10.2 Å². The number of rotatable bonds is 3. The standard InChI is InChI=1S/C19H18N2OS/c1-4-11-21-17-14(3)8-6-10-16(17)23-19(21)20-18(22)15-9-5-7-13(2)12-15/h4-10,12H,1,11H2,2-3H3. The maximum Gasteiger partial charge on any atom is 0.279 e. The van der Waals surface area contributed by atoms with Gasteiger partial charge in [-0.15, -0.1) is 6.58 Å². The molecule has 0 spiro atoms. The van der Waals surface area contributed by atoms with Gasteiger partial charge in [-0.1, -0.05) is 47.2 Å². The van der Waals surface area contributed by atoms with Crippen LogP contribution in [-0.2, 0) is 6.54 Å². The van der Waals surface area contributed by atoms with Crippen molar-refractivity contribution >= 4 is 27.5 Å². The maximum absolute atomic E-state index is 12.5. The van der Waals surface area contributed by atoms with Gasteiger partial charge in [-0.2, -0.15) is 4.99 Å². The summed E-state index contributed by atoms with van der Waals surface area (Å²) in [6, 6.07) is 13.7. The van der Waals surface area contributed by atoms with Crippen LogP contribution in [0.1, 0.15) is 21.5 Å². The van der Waals surface area contributed by atoms with Gasteiger partial charge < -0.3 is 4.57 Å². The first-order valence-corrected chi connectivity index (χ1v) is 8.27. The van der Waals surface area contributed by atoms with E-state index in [0.717, 1.165) is 15.8 Å². The zero-order valence-corrected chi connectivity index (χ0v) is 14.1. The van der Waals surface area contributed by atoms with Crippen molar-refractivity contribution in [3.05, 3.63) is 76.6 Å². The number of hydrogen-bond acceptors (Lipinski definition) is 2. The number of para-hydroxylation sites is 1. The lowest BCUT2D eigenvalue weighted by molar-refractivity contribution is 0.0998. The number of carbonyl (C=O) groups is 1. The van der Waals surface area contributed by atoms with Crippen LogP contribution >= 0.6 is 11.3 Å². The number of aryl methyl sites for hydroxylation is 2. The lowest BCUT2D eigenvalue weighted by atomic mass is 10.1. The lowest BCUT2D eigenvalue weighted by Gasteiger charge is -2.03. The van der Waals surface area contributed by atoms with Crippen molar-refractivity contribution in [1.29, 1.82) is 0 Å². The van der Waals surface area contributed by atoms with Gasteiger partial charge in [0, 0.05) is 12.1 Å². The predicted octanol–water partition coefficient (Wildman–Crippen LogP) is 4.25. The van der Waals surface area contributed by atoms with E-state index in [4.69, 9.17) is 0 Å². The van der Waals surface area contributed by atoms with Gasteiger partial charge in [0.2, 0.25) is 0 Å². The van der Waals surface area contributed by atoms with Crippen LogP contribution in [0, 0.1) is 13.8 Å². The van der Waals surface area contributed by atoms with Crippen LogP contribution in [0.3, 0.4) is 0 Å².